The molecule has 0 amide bonds. The van der Waals surface area contributed by atoms with Crippen molar-refractivity contribution in [2.75, 3.05) is 20.6 Å². The standard InChI is InChI=1S/C9H19N5/c1-5-6-13(3)9-12-7(2)11-8(10)14(9)4/h7H,5-6H2,1-4H3,(H2,10,11). The zero-order valence-corrected chi connectivity index (χ0v) is 9.36. The van der Waals surface area contributed by atoms with Gasteiger partial charge in [-0.05, 0) is 13.3 Å². The Morgan fingerprint density at radius 3 is 2.71 bits per heavy atom. The maximum Gasteiger partial charge on any atom is 0.205 e. The van der Waals surface area contributed by atoms with Gasteiger partial charge < -0.3 is 10.6 Å². The second kappa shape index (κ2) is 4.30. The van der Waals surface area contributed by atoms with Crippen LogP contribution in [0.4, 0.5) is 0 Å². The van der Waals surface area contributed by atoms with Crippen LogP contribution in [-0.4, -0.2) is 48.5 Å². The van der Waals surface area contributed by atoms with Crippen molar-refractivity contribution in [2.24, 2.45) is 15.7 Å². The number of hydrogen-bond acceptors (Lipinski definition) is 5. The van der Waals surface area contributed by atoms with Gasteiger partial charge in [-0.1, -0.05) is 6.92 Å². The molecular weight excluding hydrogens is 178 g/mol. The van der Waals surface area contributed by atoms with Crippen molar-refractivity contribution in [1.82, 2.24) is 9.80 Å². The smallest absolute Gasteiger partial charge is 0.205 e. The van der Waals surface area contributed by atoms with E-state index in [1.54, 1.807) is 0 Å². The van der Waals surface area contributed by atoms with Gasteiger partial charge in [-0.3, -0.25) is 4.90 Å². The molecule has 0 aliphatic carbocycles. The van der Waals surface area contributed by atoms with E-state index in [1.807, 2.05) is 25.9 Å². The third-order valence-corrected chi connectivity index (χ3v) is 2.17. The van der Waals surface area contributed by atoms with E-state index >= 15 is 0 Å². The largest absolute Gasteiger partial charge is 0.369 e. The first-order valence-electron chi connectivity index (χ1n) is 4.92. The van der Waals surface area contributed by atoms with Crippen molar-refractivity contribution in [1.29, 1.82) is 0 Å². The second-order valence-corrected chi connectivity index (χ2v) is 3.53. The molecule has 2 N–H and O–H groups in total. The molecule has 1 rings (SSSR count). The highest BCUT2D eigenvalue weighted by Crippen LogP contribution is 2.06. The van der Waals surface area contributed by atoms with Crippen LogP contribution in [0.25, 0.3) is 0 Å². The number of aliphatic imine (C=N–C) groups is 2. The van der Waals surface area contributed by atoms with Crippen molar-refractivity contribution < 1.29 is 0 Å². The summed E-state index contributed by atoms with van der Waals surface area (Å²) in [6.45, 7) is 5.05. The molecule has 0 aromatic heterocycles. The molecule has 1 unspecified atom stereocenters. The lowest BCUT2D eigenvalue weighted by atomic mass is 10.4. The Kier molecular flexibility index (Phi) is 3.33. The van der Waals surface area contributed by atoms with Gasteiger partial charge >= 0.3 is 0 Å². The molecule has 5 heteroatoms. The van der Waals surface area contributed by atoms with Gasteiger partial charge in [0.05, 0.1) is 0 Å². The van der Waals surface area contributed by atoms with Gasteiger partial charge in [-0.15, -0.1) is 0 Å². The monoisotopic (exact) mass is 197 g/mol. The number of guanidine groups is 2. The Bertz CT molecular complexity index is 258. The third kappa shape index (κ3) is 2.16. The Morgan fingerprint density at radius 1 is 1.50 bits per heavy atom. The predicted molar refractivity (Wildman–Crippen MR) is 59.2 cm³/mol. The Morgan fingerprint density at radius 2 is 2.14 bits per heavy atom. The van der Waals surface area contributed by atoms with Crippen molar-refractivity contribution in [3.8, 4) is 0 Å². The summed E-state index contributed by atoms with van der Waals surface area (Å²) in [4.78, 5) is 12.5. The average Bonchev–Trinajstić information content (AvgIpc) is 2.11. The summed E-state index contributed by atoms with van der Waals surface area (Å²) in [5.41, 5.74) is 5.76. The van der Waals surface area contributed by atoms with Gasteiger partial charge in [0.25, 0.3) is 0 Å². The molecule has 1 heterocycles. The normalized spacial score (nSPS) is 21.7. The minimum Gasteiger partial charge on any atom is -0.369 e. The minimum atomic E-state index is -0.0690. The summed E-state index contributed by atoms with van der Waals surface area (Å²) < 4.78 is 0. The van der Waals surface area contributed by atoms with Crippen LogP contribution in [0.15, 0.2) is 9.98 Å². The topological polar surface area (TPSA) is 57.2 Å². The zero-order valence-electron chi connectivity index (χ0n) is 9.36. The van der Waals surface area contributed by atoms with E-state index in [4.69, 9.17) is 5.73 Å². The van der Waals surface area contributed by atoms with Crippen molar-refractivity contribution in [3.63, 3.8) is 0 Å². The van der Waals surface area contributed by atoms with Gasteiger partial charge in [-0.2, -0.15) is 0 Å². The van der Waals surface area contributed by atoms with Crippen molar-refractivity contribution in [3.05, 3.63) is 0 Å². The molecule has 1 aliphatic heterocycles. The fraction of sp³-hybridized carbons (Fsp3) is 0.778. The first-order chi connectivity index (χ1) is 6.56. The molecular formula is C9H19N5. The molecule has 0 saturated carbocycles. The number of hydrogen-bond donors (Lipinski definition) is 1. The number of nitrogens with two attached hydrogens (primary N) is 1. The molecule has 0 saturated heterocycles. The first kappa shape index (κ1) is 10.8. The highest BCUT2D eigenvalue weighted by molar-refractivity contribution is 5.98. The van der Waals surface area contributed by atoms with E-state index in [2.05, 4.69) is 21.8 Å². The predicted octanol–water partition coefficient (Wildman–Crippen LogP) is 0.290. The van der Waals surface area contributed by atoms with Crippen molar-refractivity contribution in [2.45, 2.75) is 26.4 Å². The highest BCUT2D eigenvalue weighted by atomic mass is 15.4. The quantitative estimate of drug-likeness (QED) is 0.692. The van der Waals surface area contributed by atoms with E-state index in [0.29, 0.717) is 5.96 Å². The van der Waals surface area contributed by atoms with E-state index in [9.17, 15) is 0 Å². The summed E-state index contributed by atoms with van der Waals surface area (Å²) in [5, 5.41) is 0. The molecule has 0 aromatic rings. The summed E-state index contributed by atoms with van der Waals surface area (Å²) in [5.74, 6) is 1.43. The molecule has 0 aromatic carbocycles. The molecule has 0 radical (unpaired) electrons. The maximum absolute atomic E-state index is 5.76. The SMILES string of the molecule is CCCN(C)C1=NC(C)N=C(N)N1C. The molecule has 1 aliphatic rings. The Balaban J connectivity index is 2.77. The minimum absolute atomic E-state index is 0.0690. The molecule has 0 bridgehead atoms. The first-order valence-corrected chi connectivity index (χ1v) is 4.92. The van der Waals surface area contributed by atoms with Crippen LogP contribution in [0.3, 0.4) is 0 Å². The van der Waals surface area contributed by atoms with E-state index in [0.717, 1.165) is 18.9 Å². The molecule has 5 nitrogen and oxygen atoms in total. The van der Waals surface area contributed by atoms with E-state index < -0.39 is 0 Å². The van der Waals surface area contributed by atoms with Crippen LogP contribution in [-0.2, 0) is 0 Å². The lowest BCUT2D eigenvalue weighted by Crippen LogP contribution is -2.49. The van der Waals surface area contributed by atoms with Crippen LogP contribution >= 0.6 is 0 Å². The summed E-state index contributed by atoms with van der Waals surface area (Å²) in [7, 11) is 3.90. The van der Waals surface area contributed by atoms with Crippen LogP contribution in [0, 0.1) is 0 Å². The number of rotatable bonds is 2. The average molecular weight is 197 g/mol. The lowest BCUT2D eigenvalue weighted by molar-refractivity contribution is 0.434. The summed E-state index contributed by atoms with van der Waals surface area (Å²) in [6.07, 6.45) is 1.02. The van der Waals surface area contributed by atoms with Crippen LogP contribution in [0.5, 0.6) is 0 Å². The fourth-order valence-electron chi connectivity index (χ4n) is 1.45. The van der Waals surface area contributed by atoms with Gasteiger partial charge in [0.1, 0.15) is 6.17 Å². The molecule has 1 atom stereocenters. The fourth-order valence-corrected chi connectivity index (χ4v) is 1.45. The zero-order chi connectivity index (χ0) is 10.7. The van der Waals surface area contributed by atoms with Crippen LogP contribution in [0.2, 0.25) is 0 Å². The van der Waals surface area contributed by atoms with Gasteiger partial charge in [0, 0.05) is 20.6 Å². The van der Waals surface area contributed by atoms with Crippen molar-refractivity contribution >= 4 is 11.9 Å². The van der Waals surface area contributed by atoms with Gasteiger partial charge in [0.15, 0.2) is 5.96 Å². The lowest BCUT2D eigenvalue weighted by Gasteiger charge is -2.31. The highest BCUT2D eigenvalue weighted by Gasteiger charge is 2.20. The van der Waals surface area contributed by atoms with Gasteiger partial charge in [-0.25, -0.2) is 9.98 Å². The van der Waals surface area contributed by atoms with Crippen LogP contribution in [0.1, 0.15) is 20.3 Å². The third-order valence-electron chi connectivity index (χ3n) is 2.17. The Hall–Kier alpha value is -1.26. The second-order valence-electron chi connectivity index (χ2n) is 3.53. The Labute approximate surface area is 85.3 Å². The van der Waals surface area contributed by atoms with E-state index in [1.165, 1.54) is 0 Å². The molecule has 80 valence electrons. The maximum atomic E-state index is 5.76. The summed E-state index contributed by atoms with van der Waals surface area (Å²) >= 11 is 0. The van der Waals surface area contributed by atoms with Crippen LogP contribution < -0.4 is 5.73 Å². The van der Waals surface area contributed by atoms with Gasteiger partial charge in [0.2, 0.25) is 5.96 Å². The van der Waals surface area contributed by atoms with E-state index in [-0.39, 0.29) is 6.17 Å². The molecule has 14 heavy (non-hydrogen) atoms. The number of nitrogens with zero attached hydrogens (tertiary/aromatic N) is 4. The molecule has 0 fully saturated rings. The molecule has 0 spiro atoms. The summed E-state index contributed by atoms with van der Waals surface area (Å²) in [6, 6.07) is 0.